The largest absolute Gasteiger partial charge is 0.444 e. The minimum atomic E-state index is -0.486. The molecule has 4 nitrogen and oxygen atoms in total. The van der Waals surface area contributed by atoms with Crippen molar-refractivity contribution in [2.24, 2.45) is 0 Å². The van der Waals surface area contributed by atoms with Gasteiger partial charge in [0.05, 0.1) is 17.7 Å². The number of ether oxygens (including phenoxy) is 2. The molecule has 0 bridgehead atoms. The minimum Gasteiger partial charge on any atom is -0.444 e. The van der Waals surface area contributed by atoms with Crippen LogP contribution in [-0.2, 0) is 15.0 Å². The van der Waals surface area contributed by atoms with Gasteiger partial charge in [-0.3, -0.25) is 0 Å². The molecule has 1 N–H and O–H groups in total. The lowest BCUT2D eigenvalue weighted by atomic mass is 9.87. The van der Waals surface area contributed by atoms with Crippen molar-refractivity contribution in [3.05, 3.63) is 35.9 Å². The molecule has 1 aliphatic carbocycles. The third kappa shape index (κ3) is 2.66. The molecule has 1 unspecified atom stereocenters. The molecule has 2 aliphatic rings. The van der Waals surface area contributed by atoms with E-state index in [1.165, 1.54) is 0 Å². The maximum Gasteiger partial charge on any atom is 0.408 e. The lowest BCUT2D eigenvalue weighted by molar-refractivity contribution is 0.0427. The highest BCUT2D eigenvalue weighted by atomic mass is 16.6. The lowest BCUT2D eigenvalue weighted by Gasteiger charge is -2.33. The van der Waals surface area contributed by atoms with Crippen LogP contribution < -0.4 is 5.32 Å². The summed E-state index contributed by atoms with van der Waals surface area (Å²) in [6.07, 6.45) is 1.85. The average Bonchev–Trinajstić information content (AvgIpc) is 2.96. The number of epoxide rings is 1. The van der Waals surface area contributed by atoms with Crippen molar-refractivity contribution in [1.29, 1.82) is 0 Å². The van der Waals surface area contributed by atoms with Crippen molar-refractivity contribution in [2.45, 2.75) is 57.0 Å². The summed E-state index contributed by atoms with van der Waals surface area (Å²) in [5.41, 5.74) is 0.290. The van der Waals surface area contributed by atoms with E-state index in [2.05, 4.69) is 17.4 Å². The summed E-state index contributed by atoms with van der Waals surface area (Å²) in [6.45, 7) is 5.62. The Hall–Kier alpha value is -1.55. The van der Waals surface area contributed by atoms with Crippen molar-refractivity contribution in [2.75, 3.05) is 0 Å². The molecule has 4 heteroatoms. The predicted octanol–water partition coefficient (Wildman–Crippen LogP) is 2.97. The van der Waals surface area contributed by atoms with Gasteiger partial charge in [-0.05, 0) is 26.3 Å². The summed E-state index contributed by atoms with van der Waals surface area (Å²) >= 11 is 0. The molecule has 1 saturated carbocycles. The third-order valence-corrected chi connectivity index (χ3v) is 3.85. The minimum absolute atomic E-state index is 0.283. The van der Waals surface area contributed by atoms with Crippen LogP contribution in [0.25, 0.3) is 0 Å². The normalized spacial score (nSPS) is 31.6. The van der Waals surface area contributed by atoms with Gasteiger partial charge in [0.1, 0.15) is 5.60 Å². The molecule has 108 valence electrons. The first kappa shape index (κ1) is 13.4. The summed E-state index contributed by atoms with van der Waals surface area (Å²) in [5.74, 6) is 0. The Balaban J connectivity index is 1.79. The molecular formula is C16H21NO3. The van der Waals surface area contributed by atoms with Crippen LogP contribution in [0.2, 0.25) is 0 Å². The average molecular weight is 275 g/mol. The topological polar surface area (TPSA) is 50.9 Å². The second kappa shape index (κ2) is 4.48. The van der Waals surface area contributed by atoms with Crippen molar-refractivity contribution >= 4 is 6.09 Å². The van der Waals surface area contributed by atoms with Crippen LogP contribution in [0.5, 0.6) is 0 Å². The van der Waals surface area contributed by atoms with E-state index in [1.807, 2.05) is 39.0 Å². The first-order valence-electron chi connectivity index (χ1n) is 7.10. The smallest absolute Gasteiger partial charge is 0.408 e. The molecule has 1 heterocycles. The van der Waals surface area contributed by atoms with Crippen LogP contribution in [0.4, 0.5) is 4.79 Å². The number of carbonyl (C=O) groups excluding carboxylic acids is 1. The maximum atomic E-state index is 12.1. The Morgan fingerprint density at radius 2 is 1.85 bits per heavy atom. The highest BCUT2D eigenvalue weighted by molar-refractivity contribution is 5.69. The zero-order chi connectivity index (χ0) is 14.4. The first-order valence-corrected chi connectivity index (χ1v) is 7.10. The monoisotopic (exact) mass is 275 g/mol. The predicted molar refractivity (Wildman–Crippen MR) is 75.4 cm³/mol. The molecule has 3 rings (SSSR count). The fourth-order valence-electron chi connectivity index (χ4n) is 2.97. The Bertz CT molecular complexity index is 496. The quantitative estimate of drug-likeness (QED) is 0.844. The fourth-order valence-corrected chi connectivity index (χ4v) is 2.97. The Morgan fingerprint density at radius 1 is 1.25 bits per heavy atom. The van der Waals surface area contributed by atoms with Crippen molar-refractivity contribution in [1.82, 2.24) is 5.32 Å². The van der Waals surface area contributed by atoms with Gasteiger partial charge in [0.25, 0.3) is 0 Å². The highest BCUT2D eigenvalue weighted by Gasteiger charge is 2.57. The number of hydrogen-bond acceptors (Lipinski definition) is 3. The van der Waals surface area contributed by atoms with E-state index in [4.69, 9.17) is 9.47 Å². The van der Waals surface area contributed by atoms with Gasteiger partial charge in [0.2, 0.25) is 0 Å². The maximum absolute atomic E-state index is 12.1. The number of hydrogen-bond donors (Lipinski definition) is 1. The molecule has 20 heavy (non-hydrogen) atoms. The second-order valence-corrected chi connectivity index (χ2v) is 6.70. The van der Waals surface area contributed by atoms with Gasteiger partial charge in [-0.25, -0.2) is 4.79 Å². The molecule has 0 aromatic heterocycles. The van der Waals surface area contributed by atoms with Crippen LogP contribution in [0, 0.1) is 0 Å². The van der Waals surface area contributed by atoms with Crippen molar-refractivity contribution in [3.63, 3.8) is 0 Å². The number of alkyl carbamates (subject to hydrolysis) is 1. The van der Waals surface area contributed by atoms with Gasteiger partial charge in [0.15, 0.2) is 0 Å². The number of carbonyl (C=O) groups is 1. The zero-order valence-corrected chi connectivity index (χ0v) is 12.2. The summed E-state index contributed by atoms with van der Waals surface area (Å²) in [6, 6.07) is 10.1. The molecule has 2 fully saturated rings. The summed E-state index contributed by atoms with van der Waals surface area (Å²) < 4.78 is 10.9. The fraction of sp³-hybridized carbons (Fsp3) is 0.562. The molecule has 1 saturated heterocycles. The van der Waals surface area contributed by atoms with Gasteiger partial charge >= 0.3 is 6.09 Å². The number of rotatable bonds is 2. The summed E-state index contributed by atoms with van der Waals surface area (Å²) in [4.78, 5) is 12.1. The number of fused-ring (bicyclic) bond motifs is 1. The Kier molecular flexibility index (Phi) is 3.01. The molecule has 3 atom stereocenters. The van der Waals surface area contributed by atoms with Crippen molar-refractivity contribution < 1.29 is 14.3 Å². The van der Waals surface area contributed by atoms with Gasteiger partial charge in [-0.15, -0.1) is 0 Å². The third-order valence-electron chi connectivity index (χ3n) is 3.85. The molecule has 1 aromatic carbocycles. The van der Waals surface area contributed by atoms with Gasteiger partial charge in [-0.1, -0.05) is 30.3 Å². The molecule has 0 radical (unpaired) electrons. The van der Waals surface area contributed by atoms with E-state index in [-0.39, 0.29) is 23.8 Å². The van der Waals surface area contributed by atoms with E-state index in [0.717, 1.165) is 18.4 Å². The van der Waals surface area contributed by atoms with E-state index in [9.17, 15) is 4.79 Å². The Labute approximate surface area is 119 Å². The number of benzene rings is 1. The Morgan fingerprint density at radius 3 is 2.40 bits per heavy atom. The highest BCUT2D eigenvalue weighted by Crippen LogP contribution is 2.49. The second-order valence-electron chi connectivity index (χ2n) is 6.70. The standard InChI is InChI=1S/C16H21NO3/c1-15(2,3)20-14(18)17-16(9-12-13(10-16)19-12)11-7-5-4-6-8-11/h4-8,12-13H,9-10H2,1-3H3,(H,17,18)/t12-,13?,16+/m1/s1. The molecule has 1 aromatic rings. The molecule has 1 aliphatic heterocycles. The molecular weight excluding hydrogens is 254 g/mol. The van der Waals surface area contributed by atoms with Crippen LogP contribution in [0.15, 0.2) is 30.3 Å². The molecule has 0 spiro atoms. The number of nitrogens with one attached hydrogen (secondary N) is 1. The van der Waals surface area contributed by atoms with E-state index in [1.54, 1.807) is 0 Å². The number of amides is 1. The molecule has 1 amide bonds. The lowest BCUT2D eigenvalue weighted by Crippen LogP contribution is -2.47. The first-order chi connectivity index (χ1) is 9.38. The van der Waals surface area contributed by atoms with Gasteiger partial charge in [0, 0.05) is 12.8 Å². The van der Waals surface area contributed by atoms with E-state index in [0.29, 0.717) is 0 Å². The van der Waals surface area contributed by atoms with Gasteiger partial charge < -0.3 is 14.8 Å². The summed E-state index contributed by atoms with van der Waals surface area (Å²) in [5, 5.41) is 3.08. The zero-order valence-electron chi connectivity index (χ0n) is 12.2. The van der Waals surface area contributed by atoms with Crippen LogP contribution >= 0.6 is 0 Å². The van der Waals surface area contributed by atoms with E-state index < -0.39 is 5.60 Å². The SMILES string of the molecule is CC(C)(C)OC(=O)N[C@]1(c2ccccc2)CC2O[C@@H]2C1. The van der Waals surface area contributed by atoms with Crippen LogP contribution in [0.1, 0.15) is 39.2 Å². The van der Waals surface area contributed by atoms with Gasteiger partial charge in [-0.2, -0.15) is 0 Å². The van der Waals surface area contributed by atoms with Crippen LogP contribution in [0.3, 0.4) is 0 Å². The van der Waals surface area contributed by atoms with Crippen molar-refractivity contribution in [3.8, 4) is 0 Å². The summed E-state index contributed by atoms with van der Waals surface area (Å²) in [7, 11) is 0. The van der Waals surface area contributed by atoms with E-state index >= 15 is 0 Å². The van der Waals surface area contributed by atoms with Crippen LogP contribution in [-0.4, -0.2) is 23.9 Å².